The number of urea groups is 1. The largest absolute Gasteiger partial charge is 0.497 e. The van der Waals surface area contributed by atoms with Crippen molar-refractivity contribution in [1.29, 1.82) is 0 Å². The number of aromatic nitrogens is 1. The summed E-state index contributed by atoms with van der Waals surface area (Å²) in [6.07, 6.45) is 0.810. The summed E-state index contributed by atoms with van der Waals surface area (Å²) >= 11 is 0. The molecule has 0 spiro atoms. The minimum absolute atomic E-state index is 0.135. The Hall–Kier alpha value is -3.93. The van der Waals surface area contributed by atoms with Crippen molar-refractivity contribution in [2.45, 2.75) is 19.5 Å². The van der Waals surface area contributed by atoms with Gasteiger partial charge in [-0.25, -0.2) is 4.79 Å². The number of para-hydroxylation sites is 1. The topological polar surface area (TPSA) is 55.7 Å². The third-order valence-electron chi connectivity index (χ3n) is 6.28. The van der Waals surface area contributed by atoms with E-state index < -0.39 is 0 Å². The summed E-state index contributed by atoms with van der Waals surface area (Å²) in [6, 6.07) is 24.2. The Kier molecular flexibility index (Phi) is 5.65. The molecule has 2 amide bonds. The van der Waals surface area contributed by atoms with Gasteiger partial charge in [0.25, 0.3) is 0 Å². The first-order valence-electron chi connectivity index (χ1n) is 11.1. The Labute approximate surface area is 193 Å². The quantitative estimate of drug-likeness (QED) is 0.457. The molecule has 0 atom stereocenters. The van der Waals surface area contributed by atoms with Gasteiger partial charge in [0.05, 0.1) is 19.9 Å². The van der Waals surface area contributed by atoms with E-state index in [0.717, 1.165) is 13.0 Å². The number of rotatable bonds is 5. The predicted octanol–water partition coefficient (Wildman–Crippen LogP) is 5.30. The Bertz CT molecular complexity index is 1300. The summed E-state index contributed by atoms with van der Waals surface area (Å²) in [5, 5.41) is 4.22. The second-order valence-electron chi connectivity index (χ2n) is 8.18. The summed E-state index contributed by atoms with van der Waals surface area (Å²) in [7, 11) is 3.19. The molecule has 0 saturated heterocycles. The zero-order valence-electron chi connectivity index (χ0n) is 18.9. The second-order valence-corrected chi connectivity index (χ2v) is 8.18. The zero-order chi connectivity index (χ0) is 22.8. The van der Waals surface area contributed by atoms with Gasteiger partial charge in [-0.05, 0) is 23.8 Å². The van der Waals surface area contributed by atoms with Crippen molar-refractivity contribution in [2.24, 2.45) is 0 Å². The molecule has 3 aromatic carbocycles. The van der Waals surface area contributed by atoms with Gasteiger partial charge in [-0.15, -0.1) is 0 Å². The minimum atomic E-state index is -0.135. The average Bonchev–Trinajstić information content (AvgIpc) is 3.18. The van der Waals surface area contributed by atoms with Crippen LogP contribution in [0.5, 0.6) is 11.5 Å². The van der Waals surface area contributed by atoms with Gasteiger partial charge in [0.2, 0.25) is 0 Å². The molecule has 5 rings (SSSR count). The first-order valence-corrected chi connectivity index (χ1v) is 11.1. The number of carbonyl (C=O) groups is 1. The Balaban J connectivity index is 1.42. The highest BCUT2D eigenvalue weighted by atomic mass is 16.5. The number of methoxy groups -OCH3 is 2. The molecular formula is C27H27N3O3. The lowest BCUT2D eigenvalue weighted by molar-refractivity contribution is 0.206. The molecule has 168 valence electrons. The maximum absolute atomic E-state index is 13.2. The lowest BCUT2D eigenvalue weighted by Gasteiger charge is -2.29. The molecule has 1 N–H and O–H groups in total. The molecule has 1 aromatic heterocycles. The van der Waals surface area contributed by atoms with Crippen molar-refractivity contribution in [2.75, 3.05) is 26.1 Å². The van der Waals surface area contributed by atoms with Crippen molar-refractivity contribution >= 4 is 22.6 Å². The second kappa shape index (κ2) is 8.90. The number of carbonyl (C=O) groups excluding carboxylic acids is 1. The van der Waals surface area contributed by atoms with Gasteiger partial charge in [-0.2, -0.15) is 0 Å². The first-order chi connectivity index (χ1) is 16.2. The molecule has 6 nitrogen and oxygen atoms in total. The van der Waals surface area contributed by atoms with Crippen LogP contribution in [0.1, 0.15) is 16.8 Å². The van der Waals surface area contributed by atoms with Gasteiger partial charge in [0.15, 0.2) is 0 Å². The number of benzene rings is 3. The van der Waals surface area contributed by atoms with Crippen LogP contribution in [-0.4, -0.2) is 36.3 Å². The Morgan fingerprint density at radius 1 is 0.970 bits per heavy atom. The van der Waals surface area contributed by atoms with E-state index in [9.17, 15) is 4.79 Å². The van der Waals surface area contributed by atoms with Crippen LogP contribution in [0.4, 0.5) is 10.5 Å². The van der Waals surface area contributed by atoms with Gasteiger partial charge < -0.3 is 24.3 Å². The van der Waals surface area contributed by atoms with Gasteiger partial charge in [-0.1, -0.05) is 48.5 Å². The molecule has 33 heavy (non-hydrogen) atoms. The number of nitrogens with zero attached hydrogens (tertiary/aromatic N) is 2. The molecular weight excluding hydrogens is 414 g/mol. The number of nitrogens with one attached hydrogen (secondary N) is 1. The Morgan fingerprint density at radius 3 is 2.55 bits per heavy atom. The molecule has 1 aliphatic rings. The highest BCUT2D eigenvalue weighted by Crippen LogP contribution is 2.33. The van der Waals surface area contributed by atoms with Crippen molar-refractivity contribution < 1.29 is 14.3 Å². The highest BCUT2D eigenvalue weighted by molar-refractivity contribution is 5.92. The monoisotopic (exact) mass is 441 g/mol. The first kappa shape index (κ1) is 20.9. The van der Waals surface area contributed by atoms with Crippen molar-refractivity contribution in [1.82, 2.24) is 9.47 Å². The van der Waals surface area contributed by atoms with E-state index >= 15 is 0 Å². The summed E-state index contributed by atoms with van der Waals surface area (Å²) in [4.78, 5) is 15.0. The van der Waals surface area contributed by atoms with Gasteiger partial charge >= 0.3 is 6.03 Å². The smallest absolute Gasteiger partial charge is 0.322 e. The summed E-state index contributed by atoms with van der Waals surface area (Å²) in [6.45, 7) is 2.05. The SMILES string of the molecule is COc1ccc(NC(=O)N2CCc3c(c4ccccc4n3Cc3ccccc3)C2)c(OC)c1. The fraction of sp³-hybridized carbons (Fsp3) is 0.222. The molecule has 0 unspecified atom stereocenters. The van der Waals surface area contributed by atoms with Gasteiger partial charge in [0.1, 0.15) is 11.5 Å². The van der Waals surface area contributed by atoms with E-state index in [4.69, 9.17) is 9.47 Å². The molecule has 0 fully saturated rings. The average molecular weight is 442 g/mol. The van der Waals surface area contributed by atoms with E-state index in [2.05, 4.69) is 58.4 Å². The molecule has 6 heteroatoms. The van der Waals surface area contributed by atoms with E-state index in [1.807, 2.05) is 17.0 Å². The zero-order valence-corrected chi connectivity index (χ0v) is 18.9. The normalized spacial score (nSPS) is 13.0. The number of fused-ring (bicyclic) bond motifs is 3. The lowest BCUT2D eigenvalue weighted by atomic mass is 10.0. The third kappa shape index (κ3) is 4.00. The van der Waals surface area contributed by atoms with Crippen LogP contribution in [0.2, 0.25) is 0 Å². The molecule has 0 bridgehead atoms. The van der Waals surface area contributed by atoms with Crippen molar-refractivity contribution in [3.8, 4) is 11.5 Å². The van der Waals surface area contributed by atoms with Crippen LogP contribution in [0.15, 0.2) is 72.8 Å². The van der Waals surface area contributed by atoms with Crippen LogP contribution < -0.4 is 14.8 Å². The standard InChI is InChI=1S/C27H27N3O3/c1-32-20-12-13-23(26(16-20)33-2)28-27(31)29-15-14-25-22(18-29)21-10-6-7-11-24(21)30(25)17-19-8-4-3-5-9-19/h3-13,16H,14-15,17-18H2,1-2H3,(H,28,31). The number of anilines is 1. The molecule has 0 saturated carbocycles. The molecule has 0 aliphatic carbocycles. The van der Waals surface area contributed by atoms with E-state index in [1.165, 1.54) is 27.7 Å². The van der Waals surface area contributed by atoms with Crippen LogP contribution >= 0.6 is 0 Å². The summed E-state index contributed by atoms with van der Waals surface area (Å²) in [5.74, 6) is 1.25. The predicted molar refractivity (Wildman–Crippen MR) is 130 cm³/mol. The molecule has 4 aromatic rings. The highest BCUT2D eigenvalue weighted by Gasteiger charge is 2.27. The number of hydrogen-bond donors (Lipinski definition) is 1. The van der Waals surface area contributed by atoms with E-state index in [1.54, 1.807) is 26.4 Å². The van der Waals surface area contributed by atoms with Gasteiger partial charge in [0, 0.05) is 54.3 Å². The van der Waals surface area contributed by atoms with Gasteiger partial charge in [-0.3, -0.25) is 0 Å². The number of amides is 2. The van der Waals surface area contributed by atoms with E-state index in [-0.39, 0.29) is 6.03 Å². The molecule has 0 radical (unpaired) electrons. The maximum Gasteiger partial charge on any atom is 0.322 e. The maximum atomic E-state index is 13.2. The molecule has 1 aliphatic heterocycles. The third-order valence-corrected chi connectivity index (χ3v) is 6.28. The van der Waals surface area contributed by atoms with Crippen LogP contribution in [-0.2, 0) is 19.5 Å². The minimum Gasteiger partial charge on any atom is -0.497 e. The number of hydrogen-bond acceptors (Lipinski definition) is 3. The Morgan fingerprint density at radius 2 is 1.76 bits per heavy atom. The fourth-order valence-corrected chi connectivity index (χ4v) is 4.62. The summed E-state index contributed by atoms with van der Waals surface area (Å²) in [5.41, 5.74) is 5.65. The number of ether oxygens (including phenoxy) is 2. The van der Waals surface area contributed by atoms with Crippen LogP contribution in [0.3, 0.4) is 0 Å². The van der Waals surface area contributed by atoms with E-state index in [0.29, 0.717) is 30.3 Å². The summed E-state index contributed by atoms with van der Waals surface area (Å²) < 4.78 is 13.1. The van der Waals surface area contributed by atoms with Crippen molar-refractivity contribution in [3.05, 3.63) is 89.6 Å². The fourth-order valence-electron chi connectivity index (χ4n) is 4.62. The molecule has 2 heterocycles. The van der Waals surface area contributed by atoms with Crippen LogP contribution in [0, 0.1) is 0 Å². The lowest BCUT2D eigenvalue weighted by Crippen LogP contribution is -2.39. The van der Waals surface area contributed by atoms with Crippen LogP contribution in [0.25, 0.3) is 10.9 Å². The van der Waals surface area contributed by atoms with Crippen molar-refractivity contribution in [3.63, 3.8) is 0 Å².